The molecule has 0 heterocycles. The molecule has 1 saturated carbocycles. The largest absolute Gasteiger partial charge is 0.502 e. The van der Waals surface area contributed by atoms with Crippen LogP contribution in [0.25, 0.3) is 0 Å². The Bertz CT molecular complexity index is 420. The van der Waals surface area contributed by atoms with Gasteiger partial charge in [0.1, 0.15) is 0 Å². The molecule has 2 rings (SSSR count). The van der Waals surface area contributed by atoms with Crippen LogP contribution in [0.5, 0.6) is 17.2 Å². The lowest BCUT2D eigenvalue weighted by molar-refractivity contribution is 0.0412. The minimum absolute atomic E-state index is 0.0564. The summed E-state index contributed by atoms with van der Waals surface area (Å²) >= 11 is 0. The first-order valence-corrected chi connectivity index (χ1v) is 6.47. The zero-order chi connectivity index (χ0) is 14.0. The summed E-state index contributed by atoms with van der Waals surface area (Å²) in [4.78, 5) is 0. The second kappa shape index (κ2) is 5.67. The molecule has 1 aliphatic carbocycles. The molecule has 0 bridgehead atoms. The third-order valence-electron chi connectivity index (χ3n) is 3.89. The van der Waals surface area contributed by atoms with Crippen molar-refractivity contribution >= 4 is 0 Å². The van der Waals surface area contributed by atoms with Crippen LogP contribution in [-0.2, 0) is 0 Å². The van der Waals surface area contributed by atoms with Gasteiger partial charge >= 0.3 is 0 Å². The monoisotopic (exact) mass is 267 g/mol. The Morgan fingerprint density at radius 1 is 1.21 bits per heavy atom. The van der Waals surface area contributed by atoms with Crippen molar-refractivity contribution < 1.29 is 19.7 Å². The molecule has 1 aromatic carbocycles. The fourth-order valence-electron chi connectivity index (χ4n) is 2.38. The number of ether oxygens (including phenoxy) is 2. The molecule has 0 spiro atoms. The Kier molecular flexibility index (Phi) is 4.17. The number of phenols is 1. The average molecular weight is 267 g/mol. The van der Waals surface area contributed by atoms with E-state index in [1.807, 2.05) is 0 Å². The zero-order valence-electron chi connectivity index (χ0n) is 11.3. The average Bonchev–Trinajstić information content (AvgIpc) is 2.36. The molecule has 0 radical (unpaired) electrons. The van der Waals surface area contributed by atoms with Crippen LogP contribution in [-0.4, -0.2) is 30.5 Å². The minimum Gasteiger partial charge on any atom is -0.502 e. The number of aliphatic hydroxyl groups is 1. The maximum absolute atomic E-state index is 10.2. The molecular weight excluding hydrogens is 246 g/mol. The number of hydrogen-bond acceptors (Lipinski definition) is 5. The van der Waals surface area contributed by atoms with Gasteiger partial charge in [0, 0.05) is 0 Å². The van der Waals surface area contributed by atoms with Gasteiger partial charge in [0.2, 0.25) is 5.75 Å². The van der Waals surface area contributed by atoms with E-state index in [0.29, 0.717) is 17.1 Å². The van der Waals surface area contributed by atoms with E-state index in [1.165, 1.54) is 14.2 Å². The third kappa shape index (κ3) is 2.62. The van der Waals surface area contributed by atoms with Crippen molar-refractivity contribution in [3.63, 3.8) is 0 Å². The second-order valence-electron chi connectivity index (χ2n) is 4.98. The highest BCUT2D eigenvalue weighted by atomic mass is 16.5. The van der Waals surface area contributed by atoms with Crippen molar-refractivity contribution in [2.75, 3.05) is 14.2 Å². The highest BCUT2D eigenvalue weighted by Gasteiger charge is 2.31. The van der Waals surface area contributed by atoms with Crippen LogP contribution >= 0.6 is 0 Å². The van der Waals surface area contributed by atoms with Crippen LogP contribution in [0, 0.1) is 5.92 Å². The van der Waals surface area contributed by atoms with Crippen LogP contribution in [0.4, 0.5) is 0 Å². The van der Waals surface area contributed by atoms with Gasteiger partial charge in [-0.1, -0.05) is 6.42 Å². The molecule has 0 aliphatic heterocycles. The Balaban J connectivity index is 2.27. The lowest BCUT2D eigenvalue weighted by atomic mass is 9.77. The van der Waals surface area contributed by atoms with Gasteiger partial charge < -0.3 is 25.4 Å². The summed E-state index contributed by atoms with van der Waals surface area (Å²) in [6.07, 6.45) is 2.60. The van der Waals surface area contributed by atoms with Gasteiger partial charge in [0.05, 0.1) is 26.4 Å². The van der Waals surface area contributed by atoms with E-state index < -0.39 is 12.1 Å². The fourth-order valence-corrected chi connectivity index (χ4v) is 2.38. The normalized spacial score (nSPS) is 18.5. The molecule has 4 N–H and O–H groups in total. The molecule has 1 aromatic rings. The van der Waals surface area contributed by atoms with Gasteiger partial charge in [0.15, 0.2) is 11.5 Å². The molecule has 5 heteroatoms. The molecule has 0 aromatic heterocycles. The summed E-state index contributed by atoms with van der Waals surface area (Å²) in [7, 11) is 2.93. The molecule has 19 heavy (non-hydrogen) atoms. The van der Waals surface area contributed by atoms with Gasteiger partial charge in [-0.3, -0.25) is 0 Å². The van der Waals surface area contributed by atoms with Crippen LogP contribution in [0.2, 0.25) is 0 Å². The smallest absolute Gasteiger partial charge is 0.200 e. The molecular formula is C14H21NO4. The number of benzene rings is 1. The van der Waals surface area contributed by atoms with Gasteiger partial charge in [-0.25, -0.2) is 0 Å². The van der Waals surface area contributed by atoms with E-state index in [2.05, 4.69) is 0 Å². The number of phenolic OH excluding ortho intramolecular Hbond substituents is 1. The molecule has 5 nitrogen and oxygen atoms in total. The summed E-state index contributed by atoms with van der Waals surface area (Å²) in [5, 5.41) is 20.1. The van der Waals surface area contributed by atoms with Gasteiger partial charge in [0.25, 0.3) is 0 Å². The van der Waals surface area contributed by atoms with Crippen molar-refractivity contribution in [2.24, 2.45) is 11.7 Å². The topological polar surface area (TPSA) is 84.9 Å². The summed E-state index contributed by atoms with van der Waals surface area (Å²) in [6, 6.07) is 2.78. The third-order valence-corrected chi connectivity index (χ3v) is 3.89. The highest BCUT2D eigenvalue weighted by molar-refractivity contribution is 5.53. The SMILES string of the molecule is COc1cc([C@H](N)[C@H](O)C2CCC2)cc(OC)c1O. The van der Waals surface area contributed by atoms with E-state index in [9.17, 15) is 10.2 Å². The van der Waals surface area contributed by atoms with Crippen molar-refractivity contribution in [1.82, 2.24) is 0 Å². The minimum atomic E-state index is -0.576. The van der Waals surface area contributed by atoms with E-state index >= 15 is 0 Å². The number of rotatable bonds is 5. The van der Waals surface area contributed by atoms with Gasteiger partial charge in [-0.2, -0.15) is 0 Å². The number of aromatic hydroxyl groups is 1. The molecule has 1 fully saturated rings. The Hall–Kier alpha value is -1.46. The number of nitrogens with two attached hydrogens (primary N) is 1. The molecule has 1 aliphatic rings. The quantitative estimate of drug-likeness (QED) is 0.754. The second-order valence-corrected chi connectivity index (χ2v) is 4.98. The first-order chi connectivity index (χ1) is 9.08. The maximum Gasteiger partial charge on any atom is 0.200 e. The van der Waals surface area contributed by atoms with Crippen LogP contribution in [0.3, 0.4) is 0 Å². The zero-order valence-corrected chi connectivity index (χ0v) is 11.3. The summed E-state index contributed by atoms with van der Waals surface area (Å²) in [5.41, 5.74) is 6.80. The summed E-state index contributed by atoms with van der Waals surface area (Å²) < 4.78 is 10.2. The number of aliphatic hydroxyl groups excluding tert-OH is 1. The van der Waals surface area contributed by atoms with Gasteiger partial charge in [-0.15, -0.1) is 0 Å². The standard InChI is InChI=1S/C14H21NO4/c1-18-10-6-9(7-11(19-2)14(10)17)12(15)13(16)8-4-3-5-8/h6-8,12-13,16-17H,3-5,15H2,1-2H3/t12-,13+/m0/s1. The first kappa shape index (κ1) is 14.0. The van der Waals surface area contributed by atoms with Crippen molar-refractivity contribution in [3.05, 3.63) is 17.7 Å². The first-order valence-electron chi connectivity index (χ1n) is 6.47. The Morgan fingerprint density at radius 3 is 2.11 bits per heavy atom. The molecule has 0 unspecified atom stereocenters. The number of hydrogen-bond donors (Lipinski definition) is 3. The molecule has 0 amide bonds. The lowest BCUT2D eigenvalue weighted by Crippen LogP contribution is -2.36. The fraction of sp³-hybridized carbons (Fsp3) is 0.571. The van der Waals surface area contributed by atoms with E-state index in [4.69, 9.17) is 15.2 Å². The summed E-state index contributed by atoms with van der Waals surface area (Å²) in [6.45, 7) is 0. The van der Waals surface area contributed by atoms with Gasteiger partial charge in [-0.05, 0) is 36.5 Å². The highest BCUT2D eigenvalue weighted by Crippen LogP contribution is 2.40. The molecule has 2 atom stereocenters. The van der Waals surface area contributed by atoms with Crippen LogP contribution < -0.4 is 15.2 Å². The van der Waals surface area contributed by atoms with E-state index in [0.717, 1.165) is 19.3 Å². The summed E-state index contributed by atoms with van der Waals surface area (Å²) in [5.74, 6) is 0.802. The maximum atomic E-state index is 10.2. The van der Waals surface area contributed by atoms with Crippen molar-refractivity contribution in [3.8, 4) is 17.2 Å². The molecule has 106 valence electrons. The van der Waals surface area contributed by atoms with E-state index in [-0.39, 0.29) is 11.7 Å². The number of methoxy groups -OCH3 is 2. The Morgan fingerprint density at radius 2 is 1.74 bits per heavy atom. The predicted octanol–water partition coefficient (Wildman–Crippen LogP) is 1.57. The molecule has 0 saturated heterocycles. The predicted molar refractivity (Wildman–Crippen MR) is 71.5 cm³/mol. The van der Waals surface area contributed by atoms with Crippen molar-refractivity contribution in [2.45, 2.75) is 31.4 Å². The van der Waals surface area contributed by atoms with Crippen molar-refractivity contribution in [1.29, 1.82) is 0 Å². The van der Waals surface area contributed by atoms with E-state index in [1.54, 1.807) is 12.1 Å². The lowest BCUT2D eigenvalue weighted by Gasteiger charge is -2.34. The van der Waals surface area contributed by atoms with Crippen LogP contribution in [0.1, 0.15) is 30.9 Å². The Labute approximate surface area is 113 Å². The van der Waals surface area contributed by atoms with Crippen LogP contribution in [0.15, 0.2) is 12.1 Å².